The summed E-state index contributed by atoms with van der Waals surface area (Å²) in [6, 6.07) is 7.59. The number of Topliss-reactive ketones (excluding diaryl/α,β-unsaturated/α-hetero) is 1. The van der Waals surface area contributed by atoms with Gasteiger partial charge in [0.2, 0.25) is 0 Å². The van der Waals surface area contributed by atoms with E-state index in [1.165, 1.54) is 6.92 Å². The zero-order chi connectivity index (χ0) is 12.4. The molecule has 0 saturated heterocycles. The fourth-order valence-corrected chi connectivity index (χ4v) is 1.85. The lowest BCUT2D eigenvalue weighted by Gasteiger charge is -2.09. The van der Waals surface area contributed by atoms with E-state index < -0.39 is 0 Å². The third kappa shape index (κ3) is 1.93. The van der Waals surface area contributed by atoms with Crippen molar-refractivity contribution >= 4 is 5.78 Å². The summed E-state index contributed by atoms with van der Waals surface area (Å²) < 4.78 is 7.00. The standard InChI is InChI=1S/C13H14N2O2/c1-9(16)11-8-14-15(2)13(11)10-6-4-5-7-12(10)17-3/h4-8H,1-3H3. The van der Waals surface area contributed by atoms with Crippen LogP contribution in [0.1, 0.15) is 17.3 Å². The molecular weight excluding hydrogens is 216 g/mol. The third-order valence-electron chi connectivity index (χ3n) is 2.68. The largest absolute Gasteiger partial charge is 0.496 e. The molecule has 4 nitrogen and oxygen atoms in total. The van der Waals surface area contributed by atoms with Gasteiger partial charge in [0.1, 0.15) is 5.75 Å². The van der Waals surface area contributed by atoms with E-state index in [2.05, 4.69) is 5.10 Å². The summed E-state index contributed by atoms with van der Waals surface area (Å²) in [6.07, 6.45) is 1.59. The lowest BCUT2D eigenvalue weighted by molar-refractivity contribution is 0.101. The van der Waals surface area contributed by atoms with Gasteiger partial charge >= 0.3 is 0 Å². The predicted octanol–water partition coefficient (Wildman–Crippen LogP) is 2.30. The summed E-state index contributed by atoms with van der Waals surface area (Å²) in [7, 11) is 3.43. The third-order valence-corrected chi connectivity index (χ3v) is 2.68. The molecule has 88 valence electrons. The molecule has 0 aliphatic heterocycles. The molecule has 2 aromatic rings. The number of methoxy groups -OCH3 is 1. The maximum absolute atomic E-state index is 11.6. The van der Waals surface area contributed by atoms with E-state index in [9.17, 15) is 4.79 Å². The molecule has 1 aromatic carbocycles. The molecule has 0 aliphatic carbocycles. The van der Waals surface area contributed by atoms with Crippen molar-refractivity contribution in [1.82, 2.24) is 9.78 Å². The molecule has 0 radical (unpaired) electrons. The minimum Gasteiger partial charge on any atom is -0.496 e. The van der Waals surface area contributed by atoms with E-state index in [1.807, 2.05) is 31.3 Å². The fraction of sp³-hybridized carbons (Fsp3) is 0.231. The van der Waals surface area contributed by atoms with Crippen molar-refractivity contribution in [1.29, 1.82) is 0 Å². The molecule has 4 heteroatoms. The Morgan fingerprint density at radius 2 is 2.06 bits per heavy atom. The normalized spacial score (nSPS) is 10.3. The molecule has 2 rings (SSSR count). The molecule has 1 heterocycles. The Labute approximate surface area is 99.8 Å². The first-order chi connectivity index (χ1) is 8.15. The van der Waals surface area contributed by atoms with Crippen LogP contribution in [0.5, 0.6) is 5.75 Å². The van der Waals surface area contributed by atoms with E-state index in [0.29, 0.717) is 5.56 Å². The first-order valence-electron chi connectivity index (χ1n) is 5.31. The van der Waals surface area contributed by atoms with E-state index in [1.54, 1.807) is 18.0 Å². The zero-order valence-corrected chi connectivity index (χ0v) is 10.1. The summed E-state index contributed by atoms with van der Waals surface area (Å²) >= 11 is 0. The number of nitrogens with zero attached hydrogens (tertiary/aromatic N) is 2. The second-order valence-corrected chi connectivity index (χ2v) is 3.79. The SMILES string of the molecule is COc1ccccc1-c1c(C(C)=O)cnn1C. The van der Waals surface area contributed by atoms with Crippen molar-refractivity contribution in [2.45, 2.75) is 6.92 Å². The zero-order valence-electron chi connectivity index (χ0n) is 10.1. The molecule has 0 atom stereocenters. The van der Waals surface area contributed by atoms with Crippen LogP contribution in [0.2, 0.25) is 0 Å². The van der Waals surface area contributed by atoms with Crippen LogP contribution in [0.25, 0.3) is 11.3 Å². The first-order valence-corrected chi connectivity index (χ1v) is 5.31. The van der Waals surface area contributed by atoms with Crippen LogP contribution in [0.15, 0.2) is 30.5 Å². The Hall–Kier alpha value is -2.10. The highest BCUT2D eigenvalue weighted by Gasteiger charge is 2.17. The maximum Gasteiger partial charge on any atom is 0.163 e. The molecule has 0 spiro atoms. The highest BCUT2D eigenvalue weighted by Crippen LogP contribution is 2.31. The topological polar surface area (TPSA) is 44.1 Å². The Kier molecular flexibility index (Phi) is 2.95. The van der Waals surface area contributed by atoms with Gasteiger partial charge in [0.25, 0.3) is 0 Å². The summed E-state index contributed by atoms with van der Waals surface area (Å²) in [4.78, 5) is 11.6. The lowest BCUT2D eigenvalue weighted by Crippen LogP contribution is -2.00. The molecule has 1 aromatic heterocycles. The summed E-state index contributed by atoms with van der Waals surface area (Å²) in [5.74, 6) is 0.734. The molecule has 0 amide bonds. The number of hydrogen-bond donors (Lipinski definition) is 0. The molecule has 17 heavy (non-hydrogen) atoms. The lowest BCUT2D eigenvalue weighted by atomic mass is 10.0. The van der Waals surface area contributed by atoms with Gasteiger partial charge in [0, 0.05) is 12.6 Å². The Balaban J connectivity index is 2.67. The highest BCUT2D eigenvalue weighted by molar-refractivity contribution is 6.00. The fourth-order valence-electron chi connectivity index (χ4n) is 1.85. The Morgan fingerprint density at radius 3 is 2.71 bits per heavy atom. The van der Waals surface area contributed by atoms with Crippen LogP contribution in [-0.4, -0.2) is 22.7 Å². The number of ketones is 1. The average Bonchev–Trinajstić information content (AvgIpc) is 2.71. The van der Waals surface area contributed by atoms with Crippen molar-refractivity contribution in [3.05, 3.63) is 36.0 Å². The number of rotatable bonds is 3. The van der Waals surface area contributed by atoms with Crippen molar-refractivity contribution < 1.29 is 9.53 Å². The van der Waals surface area contributed by atoms with Gasteiger partial charge in [0.05, 0.1) is 24.6 Å². The number of aromatic nitrogens is 2. The number of carbonyl (C=O) groups is 1. The van der Waals surface area contributed by atoms with Crippen molar-refractivity contribution in [3.8, 4) is 17.0 Å². The van der Waals surface area contributed by atoms with Crippen LogP contribution < -0.4 is 4.74 Å². The van der Waals surface area contributed by atoms with Gasteiger partial charge in [0.15, 0.2) is 5.78 Å². The monoisotopic (exact) mass is 230 g/mol. The maximum atomic E-state index is 11.6. The summed E-state index contributed by atoms with van der Waals surface area (Å²) in [5, 5.41) is 4.13. The van der Waals surface area contributed by atoms with Gasteiger partial charge in [-0.3, -0.25) is 9.48 Å². The van der Waals surface area contributed by atoms with Crippen LogP contribution in [0.4, 0.5) is 0 Å². The number of hydrogen-bond acceptors (Lipinski definition) is 3. The molecule has 0 unspecified atom stereocenters. The Bertz CT molecular complexity index is 558. The minimum absolute atomic E-state index is 0.000920. The number of carbonyl (C=O) groups excluding carboxylic acids is 1. The van der Waals surface area contributed by atoms with Crippen LogP contribution >= 0.6 is 0 Å². The highest BCUT2D eigenvalue weighted by atomic mass is 16.5. The second kappa shape index (κ2) is 4.41. The summed E-state index contributed by atoms with van der Waals surface area (Å²) in [6.45, 7) is 1.54. The molecule has 0 bridgehead atoms. The van der Waals surface area contributed by atoms with E-state index in [-0.39, 0.29) is 5.78 Å². The van der Waals surface area contributed by atoms with E-state index in [4.69, 9.17) is 4.74 Å². The van der Waals surface area contributed by atoms with Gasteiger partial charge in [-0.05, 0) is 19.1 Å². The number of aryl methyl sites for hydroxylation is 1. The predicted molar refractivity (Wildman–Crippen MR) is 65.2 cm³/mol. The van der Waals surface area contributed by atoms with Crippen molar-refractivity contribution in [2.24, 2.45) is 7.05 Å². The van der Waals surface area contributed by atoms with Gasteiger partial charge in [-0.1, -0.05) is 12.1 Å². The second-order valence-electron chi connectivity index (χ2n) is 3.79. The quantitative estimate of drug-likeness (QED) is 0.760. The molecule has 0 aliphatic rings. The number of benzene rings is 1. The van der Waals surface area contributed by atoms with Gasteiger partial charge in [-0.2, -0.15) is 5.10 Å². The average molecular weight is 230 g/mol. The van der Waals surface area contributed by atoms with Gasteiger partial charge < -0.3 is 4.74 Å². The first kappa shape index (κ1) is 11.4. The Morgan fingerprint density at radius 1 is 1.35 bits per heavy atom. The van der Waals surface area contributed by atoms with Gasteiger partial charge in [-0.15, -0.1) is 0 Å². The molecular formula is C13H14N2O2. The van der Waals surface area contributed by atoms with Crippen LogP contribution in [0.3, 0.4) is 0 Å². The molecule has 0 N–H and O–H groups in total. The van der Waals surface area contributed by atoms with Crippen LogP contribution in [0, 0.1) is 0 Å². The molecule has 0 fully saturated rings. The molecule has 0 saturated carbocycles. The summed E-state index contributed by atoms with van der Waals surface area (Å²) in [5.41, 5.74) is 2.27. The number of ether oxygens (including phenoxy) is 1. The minimum atomic E-state index is -0.000920. The van der Waals surface area contributed by atoms with Crippen molar-refractivity contribution in [3.63, 3.8) is 0 Å². The van der Waals surface area contributed by atoms with Gasteiger partial charge in [-0.25, -0.2) is 0 Å². The smallest absolute Gasteiger partial charge is 0.163 e. The number of para-hydroxylation sites is 1. The van der Waals surface area contributed by atoms with E-state index >= 15 is 0 Å². The van der Waals surface area contributed by atoms with Crippen LogP contribution in [-0.2, 0) is 7.05 Å². The van der Waals surface area contributed by atoms with Crippen molar-refractivity contribution in [2.75, 3.05) is 7.11 Å². The van der Waals surface area contributed by atoms with E-state index in [0.717, 1.165) is 17.0 Å².